The van der Waals surface area contributed by atoms with Gasteiger partial charge in [-0.05, 0) is 43.2 Å². The minimum absolute atomic E-state index is 0.186. The number of rotatable bonds is 4. The van der Waals surface area contributed by atoms with E-state index in [1.807, 2.05) is 48.5 Å². The summed E-state index contributed by atoms with van der Waals surface area (Å²) < 4.78 is 7.42. The Balaban J connectivity index is 1.96. The number of aromatic nitrogens is 2. The van der Waals surface area contributed by atoms with E-state index in [9.17, 15) is 9.59 Å². The molecule has 0 fully saturated rings. The van der Waals surface area contributed by atoms with Crippen LogP contribution in [0.5, 0.6) is 0 Å². The number of hydrogen-bond donors (Lipinski definition) is 0. The molecule has 146 valence electrons. The summed E-state index contributed by atoms with van der Waals surface area (Å²) in [5.74, 6) is -0.453. The number of ether oxygens (including phenoxy) is 1. The van der Waals surface area contributed by atoms with Crippen LogP contribution >= 0.6 is 11.3 Å². The number of hydrogen-bond acceptors (Lipinski definition) is 6. The van der Waals surface area contributed by atoms with Crippen LogP contribution in [0.3, 0.4) is 0 Å². The summed E-state index contributed by atoms with van der Waals surface area (Å²) >= 11 is 1.31. The number of thiazole rings is 1. The van der Waals surface area contributed by atoms with Crippen molar-refractivity contribution in [3.05, 3.63) is 96.9 Å². The summed E-state index contributed by atoms with van der Waals surface area (Å²) in [6.45, 7) is 3.79. The topological polar surface area (TPSA) is 73.6 Å². The van der Waals surface area contributed by atoms with Crippen LogP contribution in [-0.4, -0.2) is 22.1 Å². The fourth-order valence-electron chi connectivity index (χ4n) is 3.35. The first-order valence-electron chi connectivity index (χ1n) is 9.24. The van der Waals surface area contributed by atoms with Crippen LogP contribution in [0.15, 0.2) is 75.9 Å². The molecule has 0 saturated heterocycles. The zero-order valence-corrected chi connectivity index (χ0v) is 16.8. The Morgan fingerprint density at radius 3 is 2.62 bits per heavy atom. The van der Waals surface area contributed by atoms with Crippen LogP contribution in [0.25, 0.3) is 6.08 Å². The number of allylic oxidation sites excluding steroid dienone is 1. The Kier molecular flexibility index (Phi) is 5.22. The number of esters is 1. The van der Waals surface area contributed by atoms with Crippen LogP contribution in [0.4, 0.5) is 0 Å². The van der Waals surface area contributed by atoms with E-state index in [-0.39, 0.29) is 12.2 Å². The van der Waals surface area contributed by atoms with Gasteiger partial charge in [0, 0.05) is 12.4 Å². The Labute approximate surface area is 171 Å². The lowest BCUT2D eigenvalue weighted by Gasteiger charge is -2.24. The van der Waals surface area contributed by atoms with Gasteiger partial charge in [-0.3, -0.25) is 14.3 Å². The molecule has 1 atom stereocenters. The fraction of sp³-hybridized carbons (Fsp3) is 0.182. The number of carbonyl (C=O) groups excluding carboxylic acids is 1. The van der Waals surface area contributed by atoms with E-state index < -0.39 is 12.0 Å². The van der Waals surface area contributed by atoms with Crippen molar-refractivity contribution in [3.63, 3.8) is 0 Å². The Morgan fingerprint density at radius 2 is 1.93 bits per heavy atom. The third kappa shape index (κ3) is 3.56. The normalized spacial score (nSPS) is 16.3. The van der Waals surface area contributed by atoms with E-state index >= 15 is 0 Å². The van der Waals surface area contributed by atoms with Gasteiger partial charge in [0.15, 0.2) is 4.80 Å². The highest BCUT2D eigenvalue weighted by Gasteiger charge is 2.33. The molecule has 1 aliphatic heterocycles. The second-order valence-electron chi connectivity index (χ2n) is 6.49. The molecule has 1 aliphatic rings. The monoisotopic (exact) mass is 405 g/mol. The first-order valence-corrected chi connectivity index (χ1v) is 10.1. The van der Waals surface area contributed by atoms with Gasteiger partial charge in [0.25, 0.3) is 5.56 Å². The van der Waals surface area contributed by atoms with E-state index in [0.29, 0.717) is 20.6 Å². The molecule has 0 radical (unpaired) electrons. The third-order valence-corrected chi connectivity index (χ3v) is 5.62. The number of carbonyl (C=O) groups is 1. The maximum atomic E-state index is 13.3. The van der Waals surface area contributed by atoms with E-state index in [0.717, 1.165) is 11.1 Å². The molecule has 3 heterocycles. The molecule has 0 spiro atoms. The summed E-state index contributed by atoms with van der Waals surface area (Å²) in [4.78, 5) is 35.2. The highest BCUT2D eigenvalue weighted by Crippen LogP contribution is 2.30. The molecule has 0 bridgehead atoms. The van der Waals surface area contributed by atoms with Crippen molar-refractivity contribution in [2.45, 2.75) is 19.9 Å². The Bertz CT molecular complexity index is 1260. The summed E-state index contributed by atoms with van der Waals surface area (Å²) in [5.41, 5.74) is 2.48. The molecule has 4 rings (SSSR count). The van der Waals surface area contributed by atoms with E-state index in [4.69, 9.17) is 4.74 Å². The van der Waals surface area contributed by atoms with Crippen molar-refractivity contribution in [1.82, 2.24) is 9.55 Å². The van der Waals surface area contributed by atoms with Gasteiger partial charge in [-0.15, -0.1) is 0 Å². The molecule has 0 N–H and O–H groups in total. The average molecular weight is 405 g/mol. The zero-order chi connectivity index (χ0) is 20.4. The van der Waals surface area contributed by atoms with E-state index in [1.54, 1.807) is 30.8 Å². The lowest BCUT2D eigenvalue weighted by Crippen LogP contribution is -2.39. The molecule has 1 unspecified atom stereocenters. The molecule has 2 aromatic heterocycles. The molecular formula is C22H19N3O3S. The van der Waals surface area contributed by atoms with Crippen molar-refractivity contribution < 1.29 is 9.53 Å². The number of nitrogens with zero attached hydrogens (tertiary/aromatic N) is 3. The predicted molar refractivity (Wildman–Crippen MR) is 111 cm³/mol. The van der Waals surface area contributed by atoms with Crippen molar-refractivity contribution in [1.29, 1.82) is 0 Å². The molecule has 29 heavy (non-hydrogen) atoms. The van der Waals surface area contributed by atoms with Gasteiger partial charge in [0.1, 0.15) is 0 Å². The lowest BCUT2D eigenvalue weighted by molar-refractivity contribution is -0.139. The zero-order valence-electron chi connectivity index (χ0n) is 16.0. The van der Waals surface area contributed by atoms with Gasteiger partial charge in [0.05, 0.1) is 28.5 Å². The van der Waals surface area contributed by atoms with Crippen LogP contribution in [0.2, 0.25) is 0 Å². The van der Waals surface area contributed by atoms with Crippen molar-refractivity contribution in [2.75, 3.05) is 6.61 Å². The standard InChI is InChI=1S/C22H19N3O3S/c1-3-28-21(27)18-14(2)24-22-25(19(18)16-7-5-4-6-8-16)20(26)17(29-22)13-15-9-11-23-12-10-15/h4-13,19H,3H2,1-2H3. The molecule has 0 saturated carbocycles. The maximum Gasteiger partial charge on any atom is 0.338 e. The van der Waals surface area contributed by atoms with E-state index in [1.165, 1.54) is 11.3 Å². The first kappa shape index (κ1) is 19.0. The summed E-state index contributed by atoms with van der Waals surface area (Å²) in [6, 6.07) is 12.6. The van der Waals surface area contributed by atoms with Crippen LogP contribution < -0.4 is 14.9 Å². The smallest absolute Gasteiger partial charge is 0.338 e. The fourth-order valence-corrected chi connectivity index (χ4v) is 4.40. The summed E-state index contributed by atoms with van der Waals surface area (Å²) in [5, 5.41) is 0. The van der Waals surface area contributed by atoms with Gasteiger partial charge in [-0.2, -0.15) is 0 Å². The minimum atomic E-state index is -0.578. The highest BCUT2D eigenvalue weighted by molar-refractivity contribution is 7.07. The second kappa shape index (κ2) is 7.97. The van der Waals surface area contributed by atoms with Crippen LogP contribution in [0, 0.1) is 0 Å². The lowest BCUT2D eigenvalue weighted by atomic mass is 9.96. The first-order chi connectivity index (χ1) is 14.1. The van der Waals surface area contributed by atoms with Crippen LogP contribution in [0.1, 0.15) is 31.0 Å². The Morgan fingerprint density at radius 1 is 1.21 bits per heavy atom. The van der Waals surface area contributed by atoms with Gasteiger partial charge in [0.2, 0.25) is 0 Å². The maximum absolute atomic E-state index is 13.3. The molecule has 1 aromatic carbocycles. The molecule has 6 nitrogen and oxygen atoms in total. The second-order valence-corrected chi connectivity index (χ2v) is 7.50. The van der Waals surface area contributed by atoms with Crippen molar-refractivity contribution in [3.8, 4) is 0 Å². The molecule has 3 aromatic rings. The van der Waals surface area contributed by atoms with Gasteiger partial charge in [-0.1, -0.05) is 41.7 Å². The number of fused-ring (bicyclic) bond motifs is 1. The number of pyridine rings is 1. The SMILES string of the molecule is CCOC(=O)C1=C(C)N=c2sc(=Cc3ccncc3)c(=O)n2C1c1ccccc1. The predicted octanol–water partition coefficient (Wildman–Crippen LogP) is 2.19. The van der Waals surface area contributed by atoms with Gasteiger partial charge < -0.3 is 4.74 Å². The molecule has 0 amide bonds. The van der Waals surface area contributed by atoms with Crippen molar-refractivity contribution >= 4 is 23.4 Å². The molecular weight excluding hydrogens is 386 g/mol. The third-order valence-electron chi connectivity index (χ3n) is 4.64. The van der Waals surface area contributed by atoms with Crippen molar-refractivity contribution in [2.24, 2.45) is 4.99 Å². The average Bonchev–Trinajstić information content (AvgIpc) is 3.03. The Hall–Kier alpha value is -3.32. The number of benzene rings is 1. The quantitative estimate of drug-likeness (QED) is 0.624. The summed E-state index contributed by atoms with van der Waals surface area (Å²) in [6.07, 6.45) is 5.17. The summed E-state index contributed by atoms with van der Waals surface area (Å²) in [7, 11) is 0. The van der Waals surface area contributed by atoms with Gasteiger partial charge in [-0.25, -0.2) is 9.79 Å². The van der Waals surface area contributed by atoms with Gasteiger partial charge >= 0.3 is 5.97 Å². The largest absolute Gasteiger partial charge is 0.463 e. The highest BCUT2D eigenvalue weighted by atomic mass is 32.1. The van der Waals surface area contributed by atoms with Crippen LogP contribution in [-0.2, 0) is 9.53 Å². The molecule has 7 heteroatoms. The minimum Gasteiger partial charge on any atom is -0.463 e. The van der Waals surface area contributed by atoms with E-state index in [2.05, 4.69) is 9.98 Å². The molecule has 0 aliphatic carbocycles.